The van der Waals surface area contributed by atoms with Crippen LogP contribution in [0.3, 0.4) is 0 Å². The molecule has 0 radical (unpaired) electrons. The lowest BCUT2D eigenvalue weighted by Crippen LogP contribution is -2.34. The number of aryl methyl sites for hydroxylation is 2. The molecule has 1 N–H and O–H groups in total. The van der Waals surface area contributed by atoms with Crippen molar-refractivity contribution in [1.29, 1.82) is 0 Å². The molecule has 7 heteroatoms. The number of rotatable bonds is 5. The molecule has 0 aliphatic heterocycles. The van der Waals surface area contributed by atoms with Gasteiger partial charge in [0.1, 0.15) is 11.6 Å². The Morgan fingerprint density at radius 3 is 2.36 bits per heavy atom. The van der Waals surface area contributed by atoms with Crippen molar-refractivity contribution in [2.45, 2.75) is 43.7 Å². The molecule has 3 rings (SSSR count). The van der Waals surface area contributed by atoms with Gasteiger partial charge in [0.25, 0.3) is 5.56 Å². The van der Waals surface area contributed by atoms with Crippen LogP contribution in [0.2, 0.25) is 0 Å². The molecular weight excluding hydrogens is 382 g/mol. The Kier molecular flexibility index (Phi) is 5.84. The van der Waals surface area contributed by atoms with Crippen LogP contribution in [0.1, 0.15) is 29.2 Å². The summed E-state index contributed by atoms with van der Waals surface area (Å²) in [6.07, 6.45) is 0.397. The summed E-state index contributed by atoms with van der Waals surface area (Å²) in [4.78, 5) is 28.0. The Hall–Kier alpha value is -2.67. The first-order valence-electron chi connectivity index (χ1n) is 8.84. The second-order valence-corrected chi connectivity index (χ2v) is 7.71. The highest BCUT2D eigenvalue weighted by atomic mass is 32.2. The number of benzene rings is 2. The number of halogens is 2. The summed E-state index contributed by atoms with van der Waals surface area (Å²) in [6, 6.07) is 9.04. The fraction of sp³-hybridized carbons (Fsp3) is 0.238. The largest absolute Gasteiger partial charge is 0.329 e. The molecule has 3 aromatic rings. The zero-order chi connectivity index (χ0) is 20.4. The molecule has 1 heterocycles. The average Bonchev–Trinajstić information content (AvgIpc) is 2.60. The van der Waals surface area contributed by atoms with Gasteiger partial charge in [-0.3, -0.25) is 14.3 Å². The maximum atomic E-state index is 14.2. The van der Waals surface area contributed by atoms with Gasteiger partial charge >= 0.3 is 5.69 Å². The van der Waals surface area contributed by atoms with Gasteiger partial charge in [-0.2, -0.15) is 0 Å². The van der Waals surface area contributed by atoms with Crippen molar-refractivity contribution in [2.75, 3.05) is 0 Å². The minimum absolute atomic E-state index is 0.0403. The van der Waals surface area contributed by atoms with Crippen LogP contribution in [0.15, 0.2) is 55.9 Å². The molecule has 0 saturated carbocycles. The van der Waals surface area contributed by atoms with Crippen LogP contribution in [0.5, 0.6) is 0 Å². The van der Waals surface area contributed by atoms with E-state index in [9.17, 15) is 18.4 Å². The molecule has 0 fully saturated rings. The van der Waals surface area contributed by atoms with Gasteiger partial charge in [0.15, 0.2) is 0 Å². The molecule has 0 spiro atoms. The molecule has 1 aromatic heterocycles. The number of nitrogens with zero attached hydrogens (tertiary/aromatic N) is 1. The first kappa shape index (κ1) is 20.1. The lowest BCUT2D eigenvalue weighted by Gasteiger charge is -2.16. The summed E-state index contributed by atoms with van der Waals surface area (Å²) in [5.41, 5.74) is 1.46. The van der Waals surface area contributed by atoms with E-state index in [4.69, 9.17) is 0 Å². The molecule has 0 aliphatic carbocycles. The normalized spacial score (nSPS) is 11.0. The zero-order valence-corrected chi connectivity index (χ0v) is 16.6. The highest BCUT2D eigenvalue weighted by Crippen LogP contribution is 2.30. The van der Waals surface area contributed by atoms with Crippen molar-refractivity contribution in [3.63, 3.8) is 0 Å². The van der Waals surface area contributed by atoms with E-state index in [2.05, 4.69) is 4.98 Å². The molecule has 4 nitrogen and oxygen atoms in total. The Bertz CT molecular complexity index is 1130. The van der Waals surface area contributed by atoms with E-state index in [0.29, 0.717) is 17.0 Å². The van der Waals surface area contributed by atoms with Crippen molar-refractivity contribution in [3.8, 4) is 0 Å². The zero-order valence-electron chi connectivity index (χ0n) is 15.8. The molecule has 0 unspecified atom stereocenters. The van der Waals surface area contributed by atoms with Crippen molar-refractivity contribution in [1.82, 2.24) is 9.55 Å². The van der Waals surface area contributed by atoms with Gasteiger partial charge in [-0.1, -0.05) is 24.8 Å². The van der Waals surface area contributed by atoms with Crippen molar-refractivity contribution >= 4 is 11.8 Å². The Labute approximate surface area is 165 Å². The Morgan fingerprint density at radius 1 is 1.04 bits per heavy atom. The Balaban J connectivity index is 2.17. The second-order valence-electron chi connectivity index (χ2n) is 6.64. The third kappa shape index (κ3) is 4.25. The lowest BCUT2D eigenvalue weighted by atomic mass is 10.2. The Morgan fingerprint density at radius 2 is 1.71 bits per heavy atom. The van der Waals surface area contributed by atoms with Crippen molar-refractivity contribution < 1.29 is 8.78 Å². The average molecular weight is 402 g/mol. The quantitative estimate of drug-likeness (QED) is 0.651. The fourth-order valence-corrected chi connectivity index (χ4v) is 4.43. The standard InChI is InChI=1S/C21H20F2N2O2S/c1-4-17-19(26)24-21(27)25(11-14-10-15(22)5-6-18(14)23)20(17)28-16-8-12(2)7-13(3)9-16/h5-10H,4,11H2,1-3H3,(H,24,26,27). The number of H-pyrrole nitrogens is 1. The fourth-order valence-electron chi connectivity index (χ4n) is 3.10. The van der Waals surface area contributed by atoms with Crippen LogP contribution in [0, 0.1) is 25.5 Å². The summed E-state index contributed by atoms with van der Waals surface area (Å²) in [6.45, 7) is 5.56. The van der Waals surface area contributed by atoms with Crippen LogP contribution < -0.4 is 11.2 Å². The molecule has 0 atom stereocenters. The number of hydrogen-bond acceptors (Lipinski definition) is 3. The van der Waals surface area contributed by atoms with Crippen molar-refractivity contribution in [3.05, 3.63) is 91.1 Å². The van der Waals surface area contributed by atoms with Crippen LogP contribution in [-0.4, -0.2) is 9.55 Å². The number of nitrogens with one attached hydrogen (secondary N) is 1. The molecular formula is C21H20F2N2O2S. The molecule has 28 heavy (non-hydrogen) atoms. The van der Waals surface area contributed by atoms with E-state index in [1.165, 1.54) is 16.3 Å². The molecule has 0 bridgehead atoms. The van der Waals surface area contributed by atoms with E-state index in [1.54, 1.807) is 0 Å². The summed E-state index contributed by atoms with van der Waals surface area (Å²) in [5.74, 6) is -1.20. The van der Waals surface area contributed by atoms with Crippen LogP contribution in [0.4, 0.5) is 8.78 Å². The van der Waals surface area contributed by atoms with E-state index >= 15 is 0 Å². The molecule has 146 valence electrons. The molecule has 2 aromatic carbocycles. The minimum atomic E-state index is -0.655. The number of aromatic amines is 1. The summed E-state index contributed by atoms with van der Waals surface area (Å²) in [5, 5.41) is 0.435. The monoisotopic (exact) mass is 402 g/mol. The van der Waals surface area contributed by atoms with Crippen molar-refractivity contribution in [2.24, 2.45) is 0 Å². The summed E-state index contributed by atoms with van der Waals surface area (Å²) in [7, 11) is 0. The van der Waals surface area contributed by atoms with E-state index in [1.807, 2.05) is 39.0 Å². The SMILES string of the molecule is CCc1c(Sc2cc(C)cc(C)c2)n(Cc2cc(F)ccc2F)c(=O)[nH]c1=O. The predicted octanol–water partition coefficient (Wildman–Crippen LogP) is 4.19. The predicted molar refractivity (Wildman–Crippen MR) is 106 cm³/mol. The van der Waals surface area contributed by atoms with Crippen LogP contribution in [0.25, 0.3) is 0 Å². The first-order valence-corrected chi connectivity index (χ1v) is 9.66. The van der Waals surface area contributed by atoms with Gasteiger partial charge in [0.05, 0.1) is 11.6 Å². The highest BCUT2D eigenvalue weighted by molar-refractivity contribution is 7.99. The summed E-state index contributed by atoms with van der Waals surface area (Å²) >= 11 is 1.28. The van der Waals surface area contributed by atoms with E-state index in [-0.39, 0.29) is 12.1 Å². The van der Waals surface area contributed by atoms with Crippen LogP contribution >= 0.6 is 11.8 Å². The first-order chi connectivity index (χ1) is 13.3. The highest BCUT2D eigenvalue weighted by Gasteiger charge is 2.17. The van der Waals surface area contributed by atoms with Crippen LogP contribution in [-0.2, 0) is 13.0 Å². The molecule has 0 amide bonds. The topological polar surface area (TPSA) is 54.9 Å². The van der Waals surface area contributed by atoms with Gasteiger partial charge in [-0.05, 0) is 61.7 Å². The van der Waals surface area contributed by atoms with Gasteiger partial charge < -0.3 is 0 Å². The summed E-state index contributed by atoms with van der Waals surface area (Å²) < 4.78 is 29.0. The van der Waals surface area contributed by atoms with Gasteiger partial charge in [0.2, 0.25) is 0 Å². The second kappa shape index (κ2) is 8.14. The van der Waals surface area contributed by atoms with Gasteiger partial charge in [0, 0.05) is 16.0 Å². The molecule has 0 saturated heterocycles. The van der Waals surface area contributed by atoms with Gasteiger partial charge in [-0.25, -0.2) is 13.6 Å². The van der Waals surface area contributed by atoms with Gasteiger partial charge in [-0.15, -0.1) is 0 Å². The third-order valence-electron chi connectivity index (χ3n) is 4.34. The lowest BCUT2D eigenvalue weighted by molar-refractivity contribution is 0.558. The smallest absolute Gasteiger partial charge is 0.283 e. The molecule has 0 aliphatic rings. The third-order valence-corrected chi connectivity index (χ3v) is 5.47. The minimum Gasteiger partial charge on any atom is -0.283 e. The number of aromatic nitrogens is 2. The maximum absolute atomic E-state index is 14.2. The van der Waals surface area contributed by atoms with E-state index < -0.39 is 22.9 Å². The number of hydrogen-bond donors (Lipinski definition) is 1. The van der Waals surface area contributed by atoms with E-state index in [0.717, 1.165) is 34.2 Å². The maximum Gasteiger partial charge on any atom is 0.329 e.